The zero-order chi connectivity index (χ0) is 27.6. The minimum atomic E-state index is -0.717. The van der Waals surface area contributed by atoms with Crippen LogP contribution in [-0.4, -0.2) is 36.0 Å². The van der Waals surface area contributed by atoms with Gasteiger partial charge in [-0.2, -0.15) is 0 Å². The molecule has 4 aromatic rings. The van der Waals surface area contributed by atoms with Crippen LogP contribution in [0.5, 0.6) is 11.5 Å². The second-order valence-corrected chi connectivity index (χ2v) is 9.00. The topological polar surface area (TPSA) is 109 Å². The standard InChI is InChI=1S/C31H32N4O4/c1-35(20-22-9-5-3-6-10-22)31(36)29(33-26-16-13-24(14-17-26)30(32)34-37)25-15-18-27(28(19-25)38-2)39-21-23-11-7-4-8-12-23/h3-19,29,33,37H,20-21H2,1-2H3,(H2,32,34). The molecule has 0 aliphatic carbocycles. The number of anilines is 1. The number of likely N-dealkylation sites (N-methyl/N-ethyl adjacent to an activating group) is 1. The van der Waals surface area contributed by atoms with E-state index in [1.807, 2.05) is 78.9 Å². The van der Waals surface area contributed by atoms with Gasteiger partial charge in [0, 0.05) is 24.8 Å². The minimum absolute atomic E-state index is 0.00704. The zero-order valence-electron chi connectivity index (χ0n) is 22.0. The zero-order valence-corrected chi connectivity index (χ0v) is 22.0. The van der Waals surface area contributed by atoms with Crippen molar-refractivity contribution in [2.24, 2.45) is 10.9 Å². The van der Waals surface area contributed by atoms with E-state index in [-0.39, 0.29) is 11.7 Å². The van der Waals surface area contributed by atoms with Crippen LogP contribution in [0.4, 0.5) is 5.69 Å². The quantitative estimate of drug-likeness (QED) is 0.108. The lowest BCUT2D eigenvalue weighted by Gasteiger charge is -2.26. The van der Waals surface area contributed by atoms with Gasteiger partial charge in [-0.25, -0.2) is 0 Å². The predicted octanol–water partition coefficient (Wildman–Crippen LogP) is 5.18. The van der Waals surface area contributed by atoms with Crippen molar-refractivity contribution in [3.05, 3.63) is 125 Å². The minimum Gasteiger partial charge on any atom is -0.493 e. The fraction of sp³-hybridized carbons (Fsp3) is 0.161. The van der Waals surface area contributed by atoms with Gasteiger partial charge in [-0.15, -0.1) is 0 Å². The molecule has 0 heterocycles. The summed E-state index contributed by atoms with van der Waals surface area (Å²) in [4.78, 5) is 15.5. The first-order chi connectivity index (χ1) is 19.0. The van der Waals surface area contributed by atoms with E-state index in [1.165, 1.54) is 0 Å². The first-order valence-corrected chi connectivity index (χ1v) is 12.5. The van der Waals surface area contributed by atoms with Crippen LogP contribution < -0.4 is 20.5 Å². The molecular formula is C31H32N4O4. The Bertz CT molecular complexity index is 1390. The third-order valence-electron chi connectivity index (χ3n) is 6.24. The molecule has 1 amide bonds. The molecule has 1 atom stereocenters. The van der Waals surface area contributed by atoms with Gasteiger partial charge in [0.05, 0.1) is 7.11 Å². The summed E-state index contributed by atoms with van der Waals surface area (Å²) < 4.78 is 11.7. The fourth-order valence-corrected chi connectivity index (χ4v) is 4.12. The van der Waals surface area contributed by atoms with Gasteiger partial charge in [-0.3, -0.25) is 4.79 Å². The Kier molecular flexibility index (Phi) is 9.03. The molecule has 0 spiro atoms. The number of hydrogen-bond acceptors (Lipinski definition) is 6. The molecule has 8 heteroatoms. The monoisotopic (exact) mass is 524 g/mol. The van der Waals surface area contributed by atoms with Crippen molar-refractivity contribution in [3.8, 4) is 11.5 Å². The maximum Gasteiger partial charge on any atom is 0.249 e. The molecule has 0 aliphatic rings. The normalized spacial score (nSPS) is 11.9. The molecule has 39 heavy (non-hydrogen) atoms. The van der Waals surface area contributed by atoms with Gasteiger partial charge in [0.25, 0.3) is 0 Å². The molecule has 200 valence electrons. The van der Waals surface area contributed by atoms with E-state index in [0.717, 1.165) is 11.1 Å². The Labute approximate surface area is 228 Å². The highest BCUT2D eigenvalue weighted by Gasteiger charge is 2.25. The number of nitrogens with two attached hydrogens (primary N) is 1. The van der Waals surface area contributed by atoms with Crippen molar-refractivity contribution in [2.75, 3.05) is 19.5 Å². The number of carbonyl (C=O) groups is 1. The van der Waals surface area contributed by atoms with E-state index in [4.69, 9.17) is 20.4 Å². The van der Waals surface area contributed by atoms with Crippen molar-refractivity contribution < 1.29 is 19.5 Å². The van der Waals surface area contributed by atoms with Gasteiger partial charge in [-0.05, 0) is 53.1 Å². The highest BCUT2D eigenvalue weighted by atomic mass is 16.5. The van der Waals surface area contributed by atoms with E-state index in [9.17, 15) is 4.79 Å². The average molecular weight is 525 g/mol. The van der Waals surface area contributed by atoms with Crippen LogP contribution in [0.1, 0.15) is 28.3 Å². The molecule has 0 saturated carbocycles. The van der Waals surface area contributed by atoms with Gasteiger partial charge in [0.15, 0.2) is 17.3 Å². The summed E-state index contributed by atoms with van der Waals surface area (Å²) in [5.74, 6) is 0.986. The summed E-state index contributed by atoms with van der Waals surface area (Å²) in [5, 5.41) is 15.3. The number of amides is 1. The number of ether oxygens (including phenoxy) is 2. The largest absolute Gasteiger partial charge is 0.493 e. The fourth-order valence-electron chi connectivity index (χ4n) is 4.12. The van der Waals surface area contributed by atoms with Crippen LogP contribution in [0.3, 0.4) is 0 Å². The van der Waals surface area contributed by atoms with Crippen LogP contribution in [0.25, 0.3) is 0 Å². The lowest BCUT2D eigenvalue weighted by molar-refractivity contribution is -0.131. The second kappa shape index (κ2) is 13.0. The van der Waals surface area contributed by atoms with Crippen LogP contribution in [0, 0.1) is 0 Å². The first-order valence-electron chi connectivity index (χ1n) is 12.5. The smallest absolute Gasteiger partial charge is 0.249 e. The molecule has 0 bridgehead atoms. The van der Waals surface area contributed by atoms with Crippen LogP contribution in [0.15, 0.2) is 108 Å². The molecule has 0 saturated heterocycles. The molecule has 4 rings (SSSR count). The molecule has 0 fully saturated rings. The lowest BCUT2D eigenvalue weighted by Crippen LogP contribution is -2.35. The number of nitrogens with zero attached hydrogens (tertiary/aromatic N) is 2. The number of rotatable bonds is 11. The molecule has 4 aromatic carbocycles. The van der Waals surface area contributed by atoms with Crippen molar-refractivity contribution in [1.29, 1.82) is 0 Å². The number of methoxy groups -OCH3 is 1. The molecule has 0 aliphatic heterocycles. The molecule has 1 unspecified atom stereocenters. The van der Waals surface area contributed by atoms with Crippen LogP contribution in [-0.2, 0) is 17.9 Å². The Morgan fingerprint density at radius 1 is 0.923 bits per heavy atom. The molecular weight excluding hydrogens is 492 g/mol. The number of carbonyl (C=O) groups excluding carboxylic acids is 1. The van der Waals surface area contributed by atoms with Crippen molar-refractivity contribution in [2.45, 2.75) is 19.2 Å². The third-order valence-corrected chi connectivity index (χ3v) is 6.24. The van der Waals surface area contributed by atoms with E-state index >= 15 is 0 Å². The number of amidine groups is 1. The molecule has 0 aromatic heterocycles. The summed E-state index contributed by atoms with van der Waals surface area (Å²) in [6.45, 7) is 0.847. The number of hydrogen-bond donors (Lipinski definition) is 3. The first kappa shape index (κ1) is 27.1. The predicted molar refractivity (Wildman–Crippen MR) is 152 cm³/mol. The summed E-state index contributed by atoms with van der Waals surface area (Å²) >= 11 is 0. The third kappa shape index (κ3) is 7.07. The maximum absolute atomic E-state index is 13.8. The van der Waals surface area contributed by atoms with Gasteiger partial charge < -0.3 is 30.6 Å². The highest BCUT2D eigenvalue weighted by molar-refractivity contribution is 5.97. The average Bonchev–Trinajstić information content (AvgIpc) is 2.99. The highest BCUT2D eigenvalue weighted by Crippen LogP contribution is 2.33. The van der Waals surface area contributed by atoms with Gasteiger partial charge in [-0.1, -0.05) is 71.9 Å². The molecule has 8 nitrogen and oxygen atoms in total. The molecule has 4 N–H and O–H groups in total. The Morgan fingerprint density at radius 2 is 1.56 bits per heavy atom. The number of nitrogens with one attached hydrogen (secondary N) is 1. The molecule has 0 radical (unpaired) electrons. The van der Waals surface area contributed by atoms with E-state index in [2.05, 4.69) is 10.5 Å². The summed E-state index contributed by atoms with van der Waals surface area (Å²) in [6, 6.07) is 31.5. The van der Waals surface area contributed by atoms with Gasteiger partial charge in [0.1, 0.15) is 12.6 Å². The maximum atomic E-state index is 13.8. The van der Waals surface area contributed by atoms with E-state index in [1.54, 1.807) is 43.3 Å². The Morgan fingerprint density at radius 3 is 2.18 bits per heavy atom. The Hall–Kier alpha value is -4.98. The van der Waals surface area contributed by atoms with E-state index < -0.39 is 6.04 Å². The van der Waals surface area contributed by atoms with Crippen LogP contribution in [0.2, 0.25) is 0 Å². The summed E-state index contributed by atoms with van der Waals surface area (Å²) in [7, 11) is 3.35. The van der Waals surface area contributed by atoms with Crippen molar-refractivity contribution in [3.63, 3.8) is 0 Å². The summed E-state index contributed by atoms with van der Waals surface area (Å²) in [5.41, 5.74) is 9.73. The van der Waals surface area contributed by atoms with Crippen LogP contribution >= 0.6 is 0 Å². The van der Waals surface area contributed by atoms with Crippen molar-refractivity contribution in [1.82, 2.24) is 4.90 Å². The lowest BCUT2D eigenvalue weighted by atomic mass is 10.0. The van der Waals surface area contributed by atoms with Crippen molar-refractivity contribution >= 4 is 17.4 Å². The second-order valence-electron chi connectivity index (χ2n) is 9.00. The Balaban J connectivity index is 1.61. The van der Waals surface area contributed by atoms with Gasteiger partial charge in [0.2, 0.25) is 5.91 Å². The number of oxime groups is 1. The van der Waals surface area contributed by atoms with Gasteiger partial charge >= 0.3 is 0 Å². The SMILES string of the molecule is COc1cc(C(Nc2ccc(C(N)=NO)cc2)C(=O)N(C)Cc2ccccc2)ccc1OCc1ccccc1. The summed E-state index contributed by atoms with van der Waals surface area (Å²) in [6.07, 6.45) is 0. The van der Waals surface area contributed by atoms with E-state index in [0.29, 0.717) is 41.5 Å². The number of benzene rings is 4.